The van der Waals surface area contributed by atoms with Gasteiger partial charge in [0, 0.05) is 37.1 Å². The third kappa shape index (κ3) is 5.32. The lowest BCUT2D eigenvalue weighted by Gasteiger charge is -2.24. The quantitative estimate of drug-likeness (QED) is 0.332. The number of amides is 1. The normalized spacial score (nSPS) is 12.3. The number of fused-ring (bicyclic) bond motifs is 3. The zero-order valence-electron chi connectivity index (χ0n) is 21.2. The molecule has 0 saturated heterocycles. The van der Waals surface area contributed by atoms with Gasteiger partial charge < -0.3 is 14.6 Å². The number of nitrogens with one attached hydrogen (secondary N) is 1. The number of nitrogens with zero attached hydrogens (tertiary/aromatic N) is 4. The predicted octanol–water partition coefficient (Wildman–Crippen LogP) is 4.34. The monoisotopic (exact) mass is 493 g/mol. The maximum absolute atomic E-state index is 13.2. The van der Waals surface area contributed by atoms with Crippen molar-refractivity contribution < 1.29 is 4.79 Å². The minimum absolute atomic E-state index is 0.0469. The molecule has 5 rings (SSSR count). The fourth-order valence-corrected chi connectivity index (χ4v) is 4.76. The Bertz CT molecular complexity index is 1570. The van der Waals surface area contributed by atoms with Crippen molar-refractivity contribution in [3.05, 3.63) is 118 Å². The molecule has 0 aliphatic carbocycles. The molecule has 2 aromatic carbocycles. The molecule has 5 aromatic rings. The summed E-state index contributed by atoms with van der Waals surface area (Å²) in [5, 5.41) is 3.17. The fraction of sp³-hybridized carbons (Fsp3) is 0.233. The molecule has 3 aromatic heterocycles. The van der Waals surface area contributed by atoms with Crippen molar-refractivity contribution in [1.29, 1.82) is 0 Å². The van der Waals surface area contributed by atoms with E-state index < -0.39 is 0 Å². The lowest BCUT2D eigenvalue weighted by atomic mass is 10.1. The van der Waals surface area contributed by atoms with E-state index in [0.717, 1.165) is 30.6 Å². The number of benzene rings is 2. The number of rotatable bonds is 9. The second kappa shape index (κ2) is 10.8. The first-order valence-electron chi connectivity index (χ1n) is 12.6. The molecule has 7 nitrogen and oxygen atoms in total. The topological polar surface area (TPSA) is 71.6 Å². The number of carbonyl (C=O) groups excluding carboxylic acids is 1. The molecule has 37 heavy (non-hydrogen) atoms. The van der Waals surface area contributed by atoms with Gasteiger partial charge in [-0.2, -0.15) is 0 Å². The molecule has 0 fully saturated rings. The third-order valence-corrected chi connectivity index (χ3v) is 6.71. The number of likely N-dealkylation sites (N-methyl/N-ethyl adjacent to an activating group) is 1. The first-order chi connectivity index (χ1) is 18.0. The van der Waals surface area contributed by atoms with E-state index in [2.05, 4.69) is 41.3 Å². The molecule has 7 heteroatoms. The number of pyridine rings is 1. The Morgan fingerprint density at radius 2 is 1.70 bits per heavy atom. The van der Waals surface area contributed by atoms with Crippen molar-refractivity contribution in [3.63, 3.8) is 0 Å². The van der Waals surface area contributed by atoms with Crippen LogP contribution < -0.4 is 10.9 Å². The van der Waals surface area contributed by atoms with Gasteiger partial charge in [0.25, 0.3) is 11.5 Å². The summed E-state index contributed by atoms with van der Waals surface area (Å²) < 4.78 is 3.56. The minimum atomic E-state index is -0.0940. The summed E-state index contributed by atoms with van der Waals surface area (Å²) in [6, 6.07) is 25.3. The van der Waals surface area contributed by atoms with E-state index in [0.29, 0.717) is 23.3 Å². The summed E-state index contributed by atoms with van der Waals surface area (Å²) >= 11 is 0. The zero-order valence-corrected chi connectivity index (χ0v) is 21.2. The summed E-state index contributed by atoms with van der Waals surface area (Å²) in [6.45, 7) is 4.06. The Kier molecular flexibility index (Phi) is 7.14. The van der Waals surface area contributed by atoms with Crippen LogP contribution in [0.15, 0.2) is 96.1 Å². The van der Waals surface area contributed by atoms with Gasteiger partial charge in [0.15, 0.2) is 5.65 Å². The van der Waals surface area contributed by atoms with Crippen LogP contribution in [0.5, 0.6) is 0 Å². The molecule has 188 valence electrons. The van der Waals surface area contributed by atoms with Crippen LogP contribution in [0.1, 0.15) is 34.8 Å². The molecule has 0 bridgehead atoms. The van der Waals surface area contributed by atoms with Gasteiger partial charge in [-0.1, -0.05) is 49.4 Å². The predicted molar refractivity (Wildman–Crippen MR) is 147 cm³/mol. The van der Waals surface area contributed by atoms with Gasteiger partial charge >= 0.3 is 0 Å². The van der Waals surface area contributed by atoms with Crippen LogP contribution in [0.2, 0.25) is 0 Å². The summed E-state index contributed by atoms with van der Waals surface area (Å²) in [5.74, 6) is -0.0922. The lowest BCUT2D eigenvalue weighted by Crippen LogP contribution is -2.42. The summed E-state index contributed by atoms with van der Waals surface area (Å²) in [6.07, 6.45) is 4.41. The Labute approximate surface area is 216 Å². The summed E-state index contributed by atoms with van der Waals surface area (Å²) in [7, 11) is 2.07. The summed E-state index contributed by atoms with van der Waals surface area (Å²) in [5.41, 5.74) is 4.80. The van der Waals surface area contributed by atoms with E-state index in [4.69, 9.17) is 0 Å². The Hall–Kier alpha value is -4.23. The summed E-state index contributed by atoms with van der Waals surface area (Å²) in [4.78, 5) is 32.9. The van der Waals surface area contributed by atoms with Crippen LogP contribution >= 0.6 is 0 Å². The highest BCUT2D eigenvalue weighted by Crippen LogP contribution is 2.15. The van der Waals surface area contributed by atoms with Crippen molar-refractivity contribution in [2.24, 2.45) is 0 Å². The SMILES string of the molecule is CC[C@@H](CN(C)Cc1ccccc1)NC(=O)c1ccc(Cn2c(=O)c3cccn3c3cccnc32)cc1. The second-order valence-corrected chi connectivity index (χ2v) is 9.46. The molecular weight excluding hydrogens is 462 g/mol. The van der Waals surface area contributed by atoms with E-state index in [1.165, 1.54) is 5.56 Å². The van der Waals surface area contributed by atoms with Crippen molar-refractivity contribution in [2.45, 2.75) is 32.5 Å². The molecule has 0 aliphatic rings. The maximum atomic E-state index is 13.2. The van der Waals surface area contributed by atoms with Crippen LogP contribution in [0.4, 0.5) is 0 Å². The van der Waals surface area contributed by atoms with E-state index in [1.807, 2.05) is 77.3 Å². The standard InChI is InChI=1S/C30H31N5O2/c1-3-25(21-33(2)19-22-9-5-4-6-10-22)32-29(36)24-15-13-23(14-16-24)20-35-28-26(11-7-17-31-28)34-18-8-12-27(34)30(35)37/h4-18,25H,3,19-21H2,1-2H3,(H,32,36)/t25-/m0/s1. The Morgan fingerprint density at radius 3 is 2.46 bits per heavy atom. The van der Waals surface area contributed by atoms with E-state index in [9.17, 15) is 9.59 Å². The first-order valence-corrected chi connectivity index (χ1v) is 12.6. The Morgan fingerprint density at radius 1 is 0.946 bits per heavy atom. The van der Waals surface area contributed by atoms with Gasteiger partial charge in [-0.25, -0.2) is 4.98 Å². The highest BCUT2D eigenvalue weighted by atomic mass is 16.1. The lowest BCUT2D eigenvalue weighted by molar-refractivity contribution is 0.0926. The number of aromatic nitrogens is 3. The second-order valence-electron chi connectivity index (χ2n) is 9.46. The van der Waals surface area contributed by atoms with Gasteiger partial charge in [0.1, 0.15) is 5.52 Å². The van der Waals surface area contributed by atoms with Crippen molar-refractivity contribution in [3.8, 4) is 0 Å². The zero-order chi connectivity index (χ0) is 25.8. The van der Waals surface area contributed by atoms with Crippen molar-refractivity contribution in [1.82, 2.24) is 24.2 Å². The fourth-order valence-electron chi connectivity index (χ4n) is 4.76. The van der Waals surface area contributed by atoms with Gasteiger partial charge in [0.2, 0.25) is 0 Å². The molecule has 1 N–H and O–H groups in total. The molecular formula is C30H31N5O2. The van der Waals surface area contributed by atoms with Crippen LogP contribution in [-0.4, -0.2) is 44.4 Å². The third-order valence-electron chi connectivity index (χ3n) is 6.71. The van der Waals surface area contributed by atoms with Gasteiger partial charge in [-0.15, -0.1) is 0 Å². The molecule has 3 heterocycles. The van der Waals surface area contributed by atoms with Crippen molar-refractivity contribution in [2.75, 3.05) is 13.6 Å². The smallest absolute Gasteiger partial charge is 0.276 e. The van der Waals surface area contributed by atoms with E-state index >= 15 is 0 Å². The number of hydrogen-bond acceptors (Lipinski definition) is 4. The van der Waals surface area contributed by atoms with Gasteiger partial charge in [0.05, 0.1) is 12.1 Å². The molecule has 0 spiro atoms. The average molecular weight is 494 g/mol. The van der Waals surface area contributed by atoms with Crippen LogP contribution in [-0.2, 0) is 13.1 Å². The molecule has 1 atom stereocenters. The van der Waals surface area contributed by atoms with Crippen LogP contribution in [0.3, 0.4) is 0 Å². The van der Waals surface area contributed by atoms with Crippen molar-refractivity contribution >= 4 is 22.6 Å². The molecule has 0 unspecified atom stereocenters. The van der Waals surface area contributed by atoms with Gasteiger partial charge in [-0.3, -0.25) is 14.2 Å². The largest absolute Gasteiger partial charge is 0.348 e. The van der Waals surface area contributed by atoms with Crippen LogP contribution in [0.25, 0.3) is 16.7 Å². The number of hydrogen-bond donors (Lipinski definition) is 1. The molecule has 0 radical (unpaired) electrons. The Balaban J connectivity index is 1.28. The molecule has 1 amide bonds. The minimum Gasteiger partial charge on any atom is -0.348 e. The highest BCUT2D eigenvalue weighted by molar-refractivity contribution is 5.94. The number of carbonyl (C=O) groups is 1. The van der Waals surface area contributed by atoms with Crippen LogP contribution in [0, 0.1) is 0 Å². The highest BCUT2D eigenvalue weighted by Gasteiger charge is 2.16. The van der Waals surface area contributed by atoms with E-state index in [1.54, 1.807) is 10.8 Å². The van der Waals surface area contributed by atoms with Gasteiger partial charge in [-0.05, 0) is 61.0 Å². The average Bonchev–Trinajstić information content (AvgIpc) is 3.42. The molecule has 0 aliphatic heterocycles. The first kappa shape index (κ1) is 24.5. The maximum Gasteiger partial charge on any atom is 0.276 e. The molecule has 0 saturated carbocycles. The van der Waals surface area contributed by atoms with E-state index in [-0.39, 0.29) is 17.5 Å².